The van der Waals surface area contributed by atoms with Crippen LogP contribution in [0.1, 0.15) is 31.4 Å². The molecule has 4 heteroatoms. The van der Waals surface area contributed by atoms with E-state index in [1.807, 2.05) is 12.1 Å². The van der Waals surface area contributed by atoms with E-state index in [0.717, 1.165) is 36.6 Å². The maximum Gasteiger partial charge on any atom is 0.189 e. The molecule has 19 heavy (non-hydrogen) atoms. The molecule has 1 fully saturated rings. The van der Waals surface area contributed by atoms with E-state index in [1.54, 1.807) is 0 Å². The molecular formula is C15H22N2O2. The molecule has 0 aromatic heterocycles. The average Bonchev–Trinajstić information content (AvgIpc) is 2.68. The van der Waals surface area contributed by atoms with Crippen molar-refractivity contribution in [2.45, 2.75) is 33.4 Å². The second-order valence-corrected chi connectivity index (χ2v) is 6.40. The lowest BCUT2D eigenvalue weighted by molar-refractivity contribution is -0.0173. The first kappa shape index (κ1) is 12.8. The maximum atomic E-state index is 5.98. The predicted molar refractivity (Wildman–Crippen MR) is 74.8 cm³/mol. The van der Waals surface area contributed by atoms with Crippen LogP contribution in [-0.2, 0) is 17.9 Å². The summed E-state index contributed by atoms with van der Waals surface area (Å²) < 4.78 is 11.0. The zero-order valence-electron chi connectivity index (χ0n) is 11.7. The van der Waals surface area contributed by atoms with Crippen molar-refractivity contribution in [3.05, 3.63) is 23.3 Å². The van der Waals surface area contributed by atoms with E-state index in [1.165, 1.54) is 12.0 Å². The van der Waals surface area contributed by atoms with Crippen LogP contribution < -0.4 is 10.5 Å². The molecule has 0 bridgehead atoms. The molecule has 1 aromatic rings. The summed E-state index contributed by atoms with van der Waals surface area (Å²) in [6.07, 6.45) is 1.25. The highest BCUT2D eigenvalue weighted by Crippen LogP contribution is 2.34. The lowest BCUT2D eigenvalue weighted by Gasteiger charge is -2.24. The molecule has 0 saturated carbocycles. The van der Waals surface area contributed by atoms with Crippen molar-refractivity contribution in [2.75, 3.05) is 25.6 Å². The predicted octanol–water partition coefficient (Wildman–Crippen LogP) is 2.37. The first-order valence-electron chi connectivity index (χ1n) is 6.88. The quantitative estimate of drug-likeness (QED) is 0.831. The van der Waals surface area contributed by atoms with Gasteiger partial charge in [0.25, 0.3) is 0 Å². The van der Waals surface area contributed by atoms with E-state index < -0.39 is 0 Å². The summed E-state index contributed by atoms with van der Waals surface area (Å²) in [5.41, 5.74) is 9.45. The Hall–Kier alpha value is -1.26. The summed E-state index contributed by atoms with van der Waals surface area (Å²) in [7, 11) is 0. The smallest absolute Gasteiger partial charge is 0.189 e. The lowest BCUT2D eigenvalue weighted by atomic mass is 9.93. The topological polar surface area (TPSA) is 47.7 Å². The first-order valence-corrected chi connectivity index (χ1v) is 6.88. The lowest BCUT2D eigenvalue weighted by Crippen LogP contribution is -2.24. The Labute approximate surface area is 114 Å². The summed E-state index contributed by atoms with van der Waals surface area (Å²) in [5, 5.41) is 0. The Balaban J connectivity index is 1.83. The number of hydrogen-bond acceptors (Lipinski definition) is 4. The number of nitrogen functional groups attached to an aromatic ring is 1. The molecular weight excluding hydrogens is 240 g/mol. The zero-order chi connectivity index (χ0) is 13.5. The van der Waals surface area contributed by atoms with Crippen LogP contribution in [0.5, 0.6) is 5.75 Å². The number of nitrogens with zero attached hydrogens (tertiary/aromatic N) is 1. The molecule has 0 atom stereocenters. The third-order valence-corrected chi connectivity index (χ3v) is 3.96. The molecule has 3 rings (SSSR count). The molecule has 2 aliphatic heterocycles. The van der Waals surface area contributed by atoms with Crippen LogP contribution >= 0.6 is 0 Å². The van der Waals surface area contributed by atoms with Crippen LogP contribution in [0.2, 0.25) is 0 Å². The Morgan fingerprint density at radius 2 is 2.21 bits per heavy atom. The van der Waals surface area contributed by atoms with Gasteiger partial charge in [0, 0.05) is 29.9 Å². The van der Waals surface area contributed by atoms with Crippen LogP contribution in [0.25, 0.3) is 0 Å². The van der Waals surface area contributed by atoms with E-state index in [0.29, 0.717) is 18.8 Å². The fraction of sp³-hybridized carbons (Fsp3) is 0.600. The highest BCUT2D eigenvalue weighted by molar-refractivity contribution is 5.53. The summed E-state index contributed by atoms with van der Waals surface area (Å²) in [6, 6.07) is 3.99. The van der Waals surface area contributed by atoms with Crippen LogP contribution in [-0.4, -0.2) is 24.8 Å². The van der Waals surface area contributed by atoms with Crippen molar-refractivity contribution < 1.29 is 9.47 Å². The largest absolute Gasteiger partial charge is 0.467 e. The number of fused-ring (bicyclic) bond motifs is 1. The standard InChI is InChI=1S/C15H22N2O2/c1-15(2)3-4-17(9-15)7-11-5-13(16)6-12-8-18-10-19-14(11)12/h5-6H,3-4,7-10,16H2,1-2H3. The average molecular weight is 262 g/mol. The second kappa shape index (κ2) is 4.69. The Morgan fingerprint density at radius 1 is 1.37 bits per heavy atom. The van der Waals surface area contributed by atoms with Gasteiger partial charge >= 0.3 is 0 Å². The molecule has 0 radical (unpaired) electrons. The molecule has 0 unspecified atom stereocenters. The van der Waals surface area contributed by atoms with Gasteiger partial charge in [-0.3, -0.25) is 4.90 Å². The normalized spacial score (nSPS) is 22.0. The van der Waals surface area contributed by atoms with E-state index in [9.17, 15) is 0 Å². The SMILES string of the molecule is CC1(C)CCN(Cc2cc(N)cc3c2OCOC3)C1. The van der Waals surface area contributed by atoms with Crippen molar-refractivity contribution in [2.24, 2.45) is 5.41 Å². The summed E-state index contributed by atoms with van der Waals surface area (Å²) in [4.78, 5) is 2.48. The van der Waals surface area contributed by atoms with Crippen molar-refractivity contribution in [1.29, 1.82) is 0 Å². The monoisotopic (exact) mass is 262 g/mol. The molecule has 2 N–H and O–H groups in total. The Kier molecular flexibility index (Phi) is 3.15. The van der Waals surface area contributed by atoms with Crippen LogP contribution in [0, 0.1) is 5.41 Å². The van der Waals surface area contributed by atoms with E-state index >= 15 is 0 Å². The fourth-order valence-corrected chi connectivity index (χ4v) is 3.04. The number of benzene rings is 1. The van der Waals surface area contributed by atoms with Crippen molar-refractivity contribution in [3.63, 3.8) is 0 Å². The van der Waals surface area contributed by atoms with Crippen molar-refractivity contribution in [3.8, 4) is 5.75 Å². The number of rotatable bonds is 2. The van der Waals surface area contributed by atoms with Gasteiger partial charge in [-0.05, 0) is 30.5 Å². The van der Waals surface area contributed by atoms with Crippen LogP contribution in [0.3, 0.4) is 0 Å². The Morgan fingerprint density at radius 3 is 2.95 bits per heavy atom. The number of anilines is 1. The van der Waals surface area contributed by atoms with Gasteiger partial charge in [-0.15, -0.1) is 0 Å². The zero-order valence-corrected chi connectivity index (χ0v) is 11.7. The van der Waals surface area contributed by atoms with Gasteiger partial charge < -0.3 is 15.2 Å². The molecule has 1 saturated heterocycles. The summed E-state index contributed by atoms with van der Waals surface area (Å²) >= 11 is 0. The fourth-order valence-electron chi connectivity index (χ4n) is 3.04. The number of hydrogen-bond donors (Lipinski definition) is 1. The highest BCUT2D eigenvalue weighted by Gasteiger charge is 2.30. The minimum atomic E-state index is 0.343. The summed E-state index contributed by atoms with van der Waals surface area (Å²) in [5.74, 6) is 0.977. The molecule has 4 nitrogen and oxygen atoms in total. The third-order valence-electron chi connectivity index (χ3n) is 3.96. The second-order valence-electron chi connectivity index (χ2n) is 6.40. The van der Waals surface area contributed by atoms with E-state index in [4.69, 9.17) is 15.2 Å². The number of nitrogens with two attached hydrogens (primary N) is 1. The molecule has 1 aromatic carbocycles. The van der Waals surface area contributed by atoms with Gasteiger partial charge in [-0.2, -0.15) is 0 Å². The summed E-state index contributed by atoms with van der Waals surface area (Å²) in [6.45, 7) is 8.78. The minimum Gasteiger partial charge on any atom is -0.467 e. The number of ether oxygens (including phenoxy) is 2. The molecule has 2 heterocycles. The van der Waals surface area contributed by atoms with Crippen molar-refractivity contribution >= 4 is 5.69 Å². The molecule has 104 valence electrons. The van der Waals surface area contributed by atoms with Gasteiger partial charge in [-0.1, -0.05) is 13.8 Å². The maximum absolute atomic E-state index is 5.98. The molecule has 0 spiro atoms. The van der Waals surface area contributed by atoms with Crippen LogP contribution in [0.15, 0.2) is 12.1 Å². The van der Waals surface area contributed by atoms with E-state index in [-0.39, 0.29) is 0 Å². The van der Waals surface area contributed by atoms with Crippen LogP contribution in [0.4, 0.5) is 5.69 Å². The minimum absolute atomic E-state index is 0.343. The molecule has 0 amide bonds. The van der Waals surface area contributed by atoms with E-state index in [2.05, 4.69) is 18.7 Å². The van der Waals surface area contributed by atoms with Gasteiger partial charge in [0.2, 0.25) is 0 Å². The highest BCUT2D eigenvalue weighted by atomic mass is 16.7. The Bertz CT molecular complexity index is 485. The van der Waals surface area contributed by atoms with Gasteiger partial charge in [0.05, 0.1) is 6.61 Å². The molecule has 0 aliphatic carbocycles. The van der Waals surface area contributed by atoms with Gasteiger partial charge in [0.15, 0.2) is 6.79 Å². The molecule has 2 aliphatic rings. The number of likely N-dealkylation sites (tertiary alicyclic amines) is 1. The van der Waals surface area contributed by atoms with Gasteiger partial charge in [-0.25, -0.2) is 0 Å². The van der Waals surface area contributed by atoms with Crippen molar-refractivity contribution in [1.82, 2.24) is 4.90 Å². The van der Waals surface area contributed by atoms with Gasteiger partial charge in [0.1, 0.15) is 5.75 Å². The first-order chi connectivity index (χ1) is 9.03. The third kappa shape index (κ3) is 2.69.